The second-order valence-electron chi connectivity index (χ2n) is 6.38. The van der Waals surface area contributed by atoms with Crippen LogP contribution < -0.4 is 15.4 Å². The van der Waals surface area contributed by atoms with Crippen molar-refractivity contribution in [1.82, 2.24) is 5.32 Å². The minimum Gasteiger partial charge on any atom is -0.489 e. The van der Waals surface area contributed by atoms with Gasteiger partial charge in [-0.25, -0.2) is 0 Å². The van der Waals surface area contributed by atoms with Crippen LogP contribution in [-0.4, -0.2) is 11.8 Å². The van der Waals surface area contributed by atoms with Crippen LogP contribution in [0.1, 0.15) is 41.6 Å². The van der Waals surface area contributed by atoms with Crippen LogP contribution in [0.2, 0.25) is 0 Å². The predicted octanol–water partition coefficient (Wildman–Crippen LogP) is 4.31. The van der Waals surface area contributed by atoms with Gasteiger partial charge < -0.3 is 19.8 Å². The molecule has 1 aromatic heterocycles. The Bertz CT molecular complexity index is 950. The Kier molecular flexibility index (Phi) is 6.11. The number of para-hydroxylation sites is 1. The summed E-state index contributed by atoms with van der Waals surface area (Å²) >= 11 is 0. The summed E-state index contributed by atoms with van der Waals surface area (Å²) in [7, 11) is 0. The zero-order valence-electron chi connectivity index (χ0n) is 15.8. The Balaban J connectivity index is 1.65. The normalized spacial score (nSPS) is 11.5. The average Bonchev–Trinajstić information content (AvgIpc) is 3.15. The molecule has 28 heavy (non-hydrogen) atoms. The van der Waals surface area contributed by atoms with E-state index in [1.807, 2.05) is 55.5 Å². The van der Waals surface area contributed by atoms with Crippen molar-refractivity contribution in [3.05, 3.63) is 83.8 Å². The van der Waals surface area contributed by atoms with E-state index < -0.39 is 0 Å². The molecule has 0 fully saturated rings. The first-order chi connectivity index (χ1) is 13.5. The molecule has 0 unspecified atom stereocenters. The van der Waals surface area contributed by atoms with Crippen LogP contribution in [0, 0.1) is 0 Å². The third-order valence-electron chi connectivity index (χ3n) is 4.15. The fourth-order valence-electron chi connectivity index (χ4n) is 2.76. The van der Waals surface area contributed by atoms with Gasteiger partial charge in [-0.15, -0.1) is 0 Å². The number of amides is 2. The number of anilines is 1. The lowest BCUT2D eigenvalue weighted by Gasteiger charge is -2.15. The molecular formula is C22H22N2O4. The highest BCUT2D eigenvalue weighted by atomic mass is 16.5. The van der Waals surface area contributed by atoms with Gasteiger partial charge in [0.1, 0.15) is 12.4 Å². The summed E-state index contributed by atoms with van der Waals surface area (Å²) in [6, 6.07) is 18.2. The van der Waals surface area contributed by atoms with Crippen LogP contribution in [-0.2, 0) is 11.4 Å². The van der Waals surface area contributed by atoms with Crippen molar-refractivity contribution < 1.29 is 18.7 Å². The number of hydrogen-bond acceptors (Lipinski definition) is 4. The Morgan fingerprint density at radius 2 is 1.86 bits per heavy atom. The summed E-state index contributed by atoms with van der Waals surface area (Å²) in [5.74, 6) is 0.473. The Labute approximate surface area is 163 Å². The van der Waals surface area contributed by atoms with Gasteiger partial charge in [-0.05, 0) is 42.8 Å². The Morgan fingerprint density at radius 1 is 1.07 bits per heavy atom. The fourth-order valence-corrected chi connectivity index (χ4v) is 2.76. The van der Waals surface area contributed by atoms with E-state index in [0.29, 0.717) is 11.3 Å². The zero-order valence-corrected chi connectivity index (χ0v) is 15.8. The largest absolute Gasteiger partial charge is 0.489 e. The fraction of sp³-hybridized carbons (Fsp3) is 0.182. The first-order valence-corrected chi connectivity index (χ1v) is 8.95. The molecule has 144 valence electrons. The maximum absolute atomic E-state index is 12.7. The number of carbonyl (C=O) groups is 2. The SMILES string of the molecule is CC(=O)Nc1cccc([C@@H](C)NC(=O)c2occc2COc2ccccc2)c1. The molecule has 0 radical (unpaired) electrons. The molecule has 1 heterocycles. The van der Waals surface area contributed by atoms with Crippen LogP contribution in [0.25, 0.3) is 0 Å². The van der Waals surface area contributed by atoms with Gasteiger partial charge in [0.05, 0.1) is 12.3 Å². The van der Waals surface area contributed by atoms with Gasteiger partial charge in [-0.2, -0.15) is 0 Å². The van der Waals surface area contributed by atoms with E-state index in [9.17, 15) is 9.59 Å². The molecular weight excluding hydrogens is 356 g/mol. The molecule has 0 saturated heterocycles. The molecule has 2 amide bonds. The number of rotatable bonds is 7. The average molecular weight is 378 g/mol. The predicted molar refractivity (Wildman–Crippen MR) is 106 cm³/mol. The lowest BCUT2D eigenvalue weighted by Crippen LogP contribution is -2.27. The Hall–Kier alpha value is -3.54. The smallest absolute Gasteiger partial charge is 0.287 e. The maximum atomic E-state index is 12.7. The molecule has 2 aromatic carbocycles. The minimum atomic E-state index is -0.325. The summed E-state index contributed by atoms with van der Waals surface area (Å²) in [6.45, 7) is 3.55. The van der Waals surface area contributed by atoms with Crippen LogP contribution in [0.5, 0.6) is 5.75 Å². The molecule has 0 saturated carbocycles. The maximum Gasteiger partial charge on any atom is 0.287 e. The summed E-state index contributed by atoms with van der Waals surface area (Å²) in [5.41, 5.74) is 2.22. The number of furan rings is 1. The van der Waals surface area contributed by atoms with Crippen LogP contribution in [0.3, 0.4) is 0 Å². The van der Waals surface area contributed by atoms with Crippen molar-refractivity contribution in [2.75, 3.05) is 5.32 Å². The molecule has 6 heteroatoms. The van der Waals surface area contributed by atoms with Gasteiger partial charge in [0.15, 0.2) is 5.76 Å². The standard InChI is InChI=1S/C22H22N2O4/c1-15(17-7-6-8-19(13-17)24-16(2)25)23-22(26)21-18(11-12-27-21)14-28-20-9-4-3-5-10-20/h3-13,15H,14H2,1-2H3,(H,23,26)(H,24,25)/t15-/m1/s1. The zero-order chi connectivity index (χ0) is 19.9. The molecule has 0 aliphatic rings. The van der Waals surface area contributed by atoms with Crippen molar-refractivity contribution in [1.29, 1.82) is 0 Å². The number of nitrogens with one attached hydrogen (secondary N) is 2. The monoisotopic (exact) mass is 378 g/mol. The first kappa shape index (κ1) is 19.2. The van der Waals surface area contributed by atoms with Crippen LogP contribution in [0.4, 0.5) is 5.69 Å². The first-order valence-electron chi connectivity index (χ1n) is 8.95. The van der Waals surface area contributed by atoms with Crippen LogP contribution >= 0.6 is 0 Å². The summed E-state index contributed by atoms with van der Waals surface area (Å²) in [6.07, 6.45) is 1.47. The van der Waals surface area contributed by atoms with Gasteiger partial charge in [0.25, 0.3) is 5.91 Å². The molecule has 6 nitrogen and oxygen atoms in total. The van der Waals surface area contributed by atoms with E-state index in [4.69, 9.17) is 9.15 Å². The molecule has 0 bridgehead atoms. The molecule has 3 rings (SSSR count). The van der Waals surface area contributed by atoms with Crippen molar-refractivity contribution in [2.45, 2.75) is 26.5 Å². The van der Waals surface area contributed by atoms with Gasteiger partial charge in [-0.1, -0.05) is 30.3 Å². The highest BCUT2D eigenvalue weighted by molar-refractivity contribution is 5.93. The molecule has 0 spiro atoms. The highest BCUT2D eigenvalue weighted by Crippen LogP contribution is 2.20. The molecule has 0 aliphatic carbocycles. The quantitative estimate of drug-likeness (QED) is 0.642. The second-order valence-corrected chi connectivity index (χ2v) is 6.38. The number of carbonyl (C=O) groups excluding carboxylic acids is 2. The summed E-state index contributed by atoms with van der Waals surface area (Å²) < 4.78 is 11.1. The van der Waals surface area contributed by atoms with E-state index in [2.05, 4.69) is 10.6 Å². The highest BCUT2D eigenvalue weighted by Gasteiger charge is 2.19. The third kappa shape index (κ3) is 5.01. The molecule has 0 aliphatic heterocycles. The number of benzene rings is 2. The van der Waals surface area contributed by atoms with Gasteiger partial charge in [0.2, 0.25) is 5.91 Å². The molecule has 1 atom stereocenters. The van der Waals surface area contributed by atoms with E-state index in [0.717, 1.165) is 11.3 Å². The van der Waals surface area contributed by atoms with E-state index in [-0.39, 0.29) is 30.2 Å². The van der Waals surface area contributed by atoms with Gasteiger partial charge in [-0.3, -0.25) is 9.59 Å². The summed E-state index contributed by atoms with van der Waals surface area (Å²) in [4.78, 5) is 23.9. The van der Waals surface area contributed by atoms with Crippen molar-refractivity contribution in [3.63, 3.8) is 0 Å². The second kappa shape index (κ2) is 8.90. The summed E-state index contributed by atoms with van der Waals surface area (Å²) in [5, 5.41) is 5.65. The Morgan fingerprint density at radius 3 is 2.61 bits per heavy atom. The van der Waals surface area contributed by atoms with E-state index in [1.54, 1.807) is 12.1 Å². The van der Waals surface area contributed by atoms with Crippen molar-refractivity contribution in [3.8, 4) is 5.75 Å². The number of hydrogen-bond donors (Lipinski definition) is 2. The van der Waals surface area contributed by atoms with Crippen LogP contribution in [0.15, 0.2) is 71.3 Å². The van der Waals surface area contributed by atoms with E-state index in [1.165, 1.54) is 13.2 Å². The van der Waals surface area contributed by atoms with E-state index >= 15 is 0 Å². The van der Waals surface area contributed by atoms with Crippen molar-refractivity contribution in [2.24, 2.45) is 0 Å². The third-order valence-corrected chi connectivity index (χ3v) is 4.15. The number of ether oxygens (including phenoxy) is 1. The van der Waals surface area contributed by atoms with Gasteiger partial charge in [0, 0.05) is 18.2 Å². The lowest BCUT2D eigenvalue weighted by atomic mass is 10.1. The lowest BCUT2D eigenvalue weighted by molar-refractivity contribution is -0.114. The van der Waals surface area contributed by atoms with Crippen molar-refractivity contribution >= 4 is 17.5 Å². The minimum absolute atomic E-state index is 0.146. The molecule has 2 N–H and O–H groups in total. The van der Waals surface area contributed by atoms with Gasteiger partial charge >= 0.3 is 0 Å². The topological polar surface area (TPSA) is 80.6 Å². The molecule has 3 aromatic rings.